The first-order valence-corrected chi connectivity index (χ1v) is 11.3. The molecule has 0 bridgehead atoms. The highest BCUT2D eigenvalue weighted by Gasteiger charge is 2.71. The molecule has 1 aliphatic heterocycles. The third-order valence-electron chi connectivity index (χ3n) is 10.1. The molecule has 4 aliphatic carbocycles. The quantitative estimate of drug-likeness (QED) is 0.520. The summed E-state index contributed by atoms with van der Waals surface area (Å²) in [7, 11) is 0. The van der Waals surface area contributed by atoms with Gasteiger partial charge in [0.15, 0.2) is 0 Å². The molecule has 4 N–H and O–H groups in total. The number of aliphatic hydroxyl groups is 4. The summed E-state index contributed by atoms with van der Waals surface area (Å²) in [4.78, 5) is 11.6. The van der Waals surface area contributed by atoms with E-state index in [0.717, 1.165) is 24.8 Å². The van der Waals surface area contributed by atoms with E-state index in [0.29, 0.717) is 45.1 Å². The molecule has 162 valence electrons. The summed E-state index contributed by atoms with van der Waals surface area (Å²) in [6, 6.07) is 0. The molecule has 5 rings (SSSR count). The molecule has 0 aromatic heterocycles. The van der Waals surface area contributed by atoms with Gasteiger partial charge in [0.1, 0.15) is 6.61 Å². The van der Waals surface area contributed by atoms with E-state index in [2.05, 4.69) is 6.92 Å². The zero-order valence-corrected chi connectivity index (χ0v) is 17.3. The fourth-order valence-corrected chi connectivity index (χ4v) is 8.52. The van der Waals surface area contributed by atoms with Crippen LogP contribution in [0.15, 0.2) is 11.6 Å². The van der Waals surface area contributed by atoms with E-state index in [1.54, 1.807) is 6.08 Å². The van der Waals surface area contributed by atoms with Gasteiger partial charge in [-0.15, -0.1) is 0 Å². The van der Waals surface area contributed by atoms with Crippen molar-refractivity contribution in [1.29, 1.82) is 0 Å². The summed E-state index contributed by atoms with van der Waals surface area (Å²) in [5.74, 6) is -0.0760. The molecule has 29 heavy (non-hydrogen) atoms. The van der Waals surface area contributed by atoms with Gasteiger partial charge in [-0.2, -0.15) is 0 Å². The number of aliphatic hydroxyl groups excluding tert-OH is 2. The zero-order chi connectivity index (χ0) is 20.7. The van der Waals surface area contributed by atoms with Crippen molar-refractivity contribution in [3.05, 3.63) is 11.6 Å². The molecule has 6 heteroatoms. The van der Waals surface area contributed by atoms with Crippen LogP contribution in [-0.2, 0) is 9.53 Å². The monoisotopic (exact) mass is 406 g/mol. The van der Waals surface area contributed by atoms with Crippen molar-refractivity contribution in [2.24, 2.45) is 28.6 Å². The molecule has 0 amide bonds. The minimum absolute atomic E-state index is 0.0209. The summed E-state index contributed by atoms with van der Waals surface area (Å²) in [6.07, 6.45) is 7.02. The van der Waals surface area contributed by atoms with Crippen molar-refractivity contribution in [1.82, 2.24) is 0 Å². The normalized spacial score (nSPS) is 54.2. The van der Waals surface area contributed by atoms with Crippen LogP contribution >= 0.6 is 0 Å². The van der Waals surface area contributed by atoms with Crippen LogP contribution in [0.3, 0.4) is 0 Å². The molecule has 6 nitrogen and oxygen atoms in total. The average Bonchev–Trinajstić information content (AvgIpc) is 3.21. The number of rotatable bonds is 2. The minimum atomic E-state index is -1.06. The molecule has 0 radical (unpaired) electrons. The second-order valence-corrected chi connectivity index (χ2v) is 10.8. The molecule has 0 aromatic carbocycles. The molecule has 0 unspecified atom stereocenters. The second-order valence-electron chi connectivity index (χ2n) is 10.8. The maximum absolute atomic E-state index is 12.1. The largest absolute Gasteiger partial charge is 0.458 e. The first kappa shape index (κ1) is 20.0. The molecule has 0 spiro atoms. The van der Waals surface area contributed by atoms with Crippen LogP contribution in [0, 0.1) is 28.6 Å². The number of cyclic esters (lactones) is 1. The lowest BCUT2D eigenvalue weighted by Gasteiger charge is -2.66. The van der Waals surface area contributed by atoms with Crippen molar-refractivity contribution in [3.63, 3.8) is 0 Å². The van der Waals surface area contributed by atoms with Gasteiger partial charge in [0, 0.05) is 23.3 Å². The van der Waals surface area contributed by atoms with E-state index in [4.69, 9.17) is 4.74 Å². The van der Waals surface area contributed by atoms with Gasteiger partial charge >= 0.3 is 5.97 Å². The molecular weight excluding hydrogens is 372 g/mol. The maximum atomic E-state index is 12.1. The summed E-state index contributed by atoms with van der Waals surface area (Å²) in [6.45, 7) is 2.41. The number of carbonyl (C=O) groups excluding carboxylic acids is 1. The van der Waals surface area contributed by atoms with Crippen molar-refractivity contribution in [2.75, 3.05) is 13.2 Å². The van der Waals surface area contributed by atoms with Crippen molar-refractivity contribution < 1.29 is 30.0 Å². The Morgan fingerprint density at radius 3 is 2.52 bits per heavy atom. The number of hydrogen-bond acceptors (Lipinski definition) is 6. The van der Waals surface area contributed by atoms with Crippen LogP contribution in [0.1, 0.15) is 64.7 Å². The summed E-state index contributed by atoms with van der Waals surface area (Å²) in [5, 5.41) is 44.4. The minimum Gasteiger partial charge on any atom is -0.458 e. The third kappa shape index (κ3) is 2.40. The Morgan fingerprint density at radius 2 is 1.83 bits per heavy atom. The summed E-state index contributed by atoms with van der Waals surface area (Å²) >= 11 is 0. The van der Waals surface area contributed by atoms with Gasteiger partial charge in [0.05, 0.1) is 23.9 Å². The summed E-state index contributed by atoms with van der Waals surface area (Å²) in [5.41, 5.74) is -1.88. The zero-order valence-electron chi connectivity index (χ0n) is 17.3. The molecular formula is C23H34O6. The van der Waals surface area contributed by atoms with Crippen LogP contribution in [0.5, 0.6) is 0 Å². The fourth-order valence-electron chi connectivity index (χ4n) is 8.52. The van der Waals surface area contributed by atoms with Crippen LogP contribution in [-0.4, -0.2) is 56.9 Å². The smallest absolute Gasteiger partial charge is 0.331 e. The Bertz CT molecular complexity index is 750. The molecule has 0 saturated heterocycles. The van der Waals surface area contributed by atoms with E-state index >= 15 is 0 Å². The van der Waals surface area contributed by atoms with Crippen LogP contribution in [0.25, 0.3) is 0 Å². The number of fused-ring (bicyclic) bond motifs is 5. The van der Waals surface area contributed by atoms with Gasteiger partial charge in [0.25, 0.3) is 0 Å². The highest BCUT2D eigenvalue weighted by molar-refractivity contribution is 5.85. The van der Waals surface area contributed by atoms with Gasteiger partial charge in [-0.05, 0) is 74.7 Å². The third-order valence-corrected chi connectivity index (χ3v) is 10.1. The van der Waals surface area contributed by atoms with Gasteiger partial charge in [0.2, 0.25) is 0 Å². The van der Waals surface area contributed by atoms with Crippen molar-refractivity contribution in [2.45, 2.75) is 82.0 Å². The van der Waals surface area contributed by atoms with Gasteiger partial charge < -0.3 is 25.2 Å². The van der Waals surface area contributed by atoms with E-state index in [9.17, 15) is 25.2 Å². The van der Waals surface area contributed by atoms with E-state index in [1.165, 1.54) is 0 Å². The van der Waals surface area contributed by atoms with Gasteiger partial charge in [-0.3, -0.25) is 0 Å². The molecule has 4 saturated carbocycles. The Morgan fingerprint density at radius 1 is 1.07 bits per heavy atom. The van der Waals surface area contributed by atoms with Crippen LogP contribution in [0.4, 0.5) is 0 Å². The highest BCUT2D eigenvalue weighted by Crippen LogP contribution is 2.70. The van der Waals surface area contributed by atoms with E-state index in [-0.39, 0.29) is 35.7 Å². The molecule has 1 heterocycles. The lowest BCUT2D eigenvalue weighted by atomic mass is 9.41. The standard InChI is InChI=1S/C23H34O6/c1-20-6-3-17-18(4-8-22(27)11-15(25)2-7-21(17,22)13-24)23(20,28)9-5-16(20)14-10-19(26)29-12-14/h10,15-18,24-25,27-28H,2-9,11-13H2,1H3/t15-,16+,17-,18+,20+,21+,22-,23+/m1/s1. The molecule has 8 atom stereocenters. The van der Waals surface area contributed by atoms with Crippen LogP contribution < -0.4 is 0 Å². The lowest BCUT2D eigenvalue weighted by Crippen LogP contribution is -2.69. The maximum Gasteiger partial charge on any atom is 0.331 e. The molecule has 4 fully saturated rings. The first-order chi connectivity index (χ1) is 13.7. The van der Waals surface area contributed by atoms with Gasteiger partial charge in [-0.25, -0.2) is 4.79 Å². The first-order valence-electron chi connectivity index (χ1n) is 11.3. The second kappa shape index (κ2) is 6.28. The number of ether oxygens (including phenoxy) is 1. The Kier molecular flexibility index (Phi) is 4.33. The predicted octanol–water partition coefficient (Wildman–Crippen LogP) is 1.69. The van der Waals surface area contributed by atoms with Gasteiger partial charge in [-0.1, -0.05) is 6.92 Å². The van der Waals surface area contributed by atoms with E-state index in [1.807, 2.05) is 0 Å². The topological polar surface area (TPSA) is 107 Å². The Labute approximate surface area is 172 Å². The summed E-state index contributed by atoms with van der Waals surface area (Å²) < 4.78 is 5.17. The lowest BCUT2D eigenvalue weighted by molar-refractivity contribution is -0.269. The number of esters is 1. The fraction of sp³-hybridized carbons (Fsp3) is 0.870. The predicted molar refractivity (Wildman–Crippen MR) is 105 cm³/mol. The number of hydrogen-bond donors (Lipinski definition) is 4. The van der Waals surface area contributed by atoms with Crippen molar-refractivity contribution >= 4 is 5.97 Å². The number of carbonyl (C=O) groups is 1. The Balaban J connectivity index is 1.51. The van der Waals surface area contributed by atoms with E-state index < -0.39 is 22.7 Å². The molecule has 5 aliphatic rings. The average molecular weight is 407 g/mol. The van der Waals surface area contributed by atoms with Crippen LogP contribution in [0.2, 0.25) is 0 Å². The SMILES string of the molecule is C[C@@]12CC[C@@H]3[C@H](CC[C@@]4(O)C[C@H](O)CC[C@]34CO)[C@@]1(O)CC[C@H]2C1=CC(=O)OC1. The molecule has 0 aromatic rings. The van der Waals surface area contributed by atoms with Crippen molar-refractivity contribution in [3.8, 4) is 0 Å². The highest BCUT2D eigenvalue weighted by atomic mass is 16.5. The Hall–Kier alpha value is -0.950.